The Balaban J connectivity index is 0.00000176. The summed E-state index contributed by atoms with van der Waals surface area (Å²) in [6.07, 6.45) is 0. The molecule has 2 aromatic rings. The molecule has 1 aliphatic heterocycles. The van der Waals surface area contributed by atoms with Crippen LogP contribution in [0, 0.1) is 10.1 Å². The van der Waals surface area contributed by atoms with E-state index in [9.17, 15) is 14.9 Å². The molecule has 5 nitrogen and oxygen atoms in total. The number of rotatable bonds is 3. The molecule has 0 bridgehead atoms. The number of nitro groups is 1. The zero-order chi connectivity index (χ0) is 15.1. The number of hydrogen-bond donors (Lipinski definition) is 1. The lowest BCUT2D eigenvalue weighted by Gasteiger charge is -2.11. The van der Waals surface area contributed by atoms with Gasteiger partial charge in [0.1, 0.15) is 0 Å². The second-order valence-electron chi connectivity index (χ2n) is 5.16. The minimum Gasteiger partial charge on any atom is -0.384 e. The van der Waals surface area contributed by atoms with Crippen LogP contribution in [0.2, 0.25) is 0 Å². The van der Waals surface area contributed by atoms with Crippen molar-refractivity contribution in [3.63, 3.8) is 0 Å². The maximum atomic E-state index is 11.6. The second kappa shape index (κ2) is 6.10. The van der Waals surface area contributed by atoms with Gasteiger partial charge in [-0.2, -0.15) is 0 Å². The summed E-state index contributed by atoms with van der Waals surface area (Å²) >= 11 is 6.00. The number of nitrogens with one attached hydrogen (secondary N) is 1. The number of alkyl halides is 1. The van der Waals surface area contributed by atoms with E-state index >= 15 is 0 Å². The molecule has 22 heavy (non-hydrogen) atoms. The van der Waals surface area contributed by atoms with Crippen molar-refractivity contribution in [3.05, 3.63) is 45.5 Å². The number of nitro benzene ring substituents is 1. The quantitative estimate of drug-likeness (QED) is 0.394. The van der Waals surface area contributed by atoms with Crippen LogP contribution in [-0.4, -0.2) is 23.1 Å². The maximum Gasteiger partial charge on any atom is 0.279 e. The molecule has 0 aliphatic carbocycles. The summed E-state index contributed by atoms with van der Waals surface area (Å²) in [4.78, 5) is 22.5. The minimum absolute atomic E-state index is 0. The van der Waals surface area contributed by atoms with E-state index in [2.05, 4.69) is 5.32 Å². The first-order valence-electron chi connectivity index (χ1n) is 6.58. The van der Waals surface area contributed by atoms with Crippen LogP contribution < -0.4 is 5.32 Å². The average molecular weight is 341 g/mol. The number of nitrogens with zero attached hydrogens (tertiary/aromatic N) is 1. The van der Waals surface area contributed by atoms with E-state index in [0.29, 0.717) is 23.4 Å². The van der Waals surface area contributed by atoms with E-state index < -0.39 is 4.92 Å². The highest BCUT2D eigenvalue weighted by atomic mass is 35.5. The molecular formula is C15H14Cl2N2O3. The predicted octanol–water partition coefficient (Wildman–Crippen LogP) is 4.12. The Labute approximate surface area is 138 Å². The van der Waals surface area contributed by atoms with Crippen molar-refractivity contribution in [1.82, 2.24) is 0 Å². The fraction of sp³-hybridized carbons (Fsp3) is 0.267. The SMILES string of the molecule is CC(=O)c1ccc2c([N+](=O)[O-])cc3c(c2c1)C(CCl)CN3.Cl. The van der Waals surface area contributed by atoms with Gasteiger partial charge >= 0.3 is 0 Å². The van der Waals surface area contributed by atoms with Crippen LogP contribution in [0.1, 0.15) is 28.8 Å². The topological polar surface area (TPSA) is 72.2 Å². The van der Waals surface area contributed by atoms with Gasteiger partial charge in [0.2, 0.25) is 0 Å². The van der Waals surface area contributed by atoms with Crippen LogP contribution in [0.25, 0.3) is 10.8 Å². The summed E-state index contributed by atoms with van der Waals surface area (Å²) in [5.74, 6) is 0.453. The molecule has 1 aliphatic rings. The number of halogens is 2. The molecule has 0 radical (unpaired) electrons. The van der Waals surface area contributed by atoms with Crippen molar-refractivity contribution in [2.24, 2.45) is 0 Å². The van der Waals surface area contributed by atoms with Gasteiger partial charge in [0.05, 0.1) is 10.3 Å². The Morgan fingerprint density at radius 2 is 2.14 bits per heavy atom. The van der Waals surface area contributed by atoms with Crippen molar-refractivity contribution in [2.45, 2.75) is 12.8 Å². The molecule has 1 unspecified atom stereocenters. The monoisotopic (exact) mass is 340 g/mol. The molecule has 3 rings (SSSR count). The first kappa shape index (κ1) is 16.5. The lowest BCUT2D eigenvalue weighted by molar-refractivity contribution is -0.383. The fourth-order valence-corrected chi connectivity index (χ4v) is 3.11. The maximum absolute atomic E-state index is 11.6. The number of carbonyl (C=O) groups excluding carboxylic acids is 1. The van der Waals surface area contributed by atoms with Crippen LogP contribution in [0.5, 0.6) is 0 Å². The van der Waals surface area contributed by atoms with E-state index in [-0.39, 0.29) is 29.8 Å². The van der Waals surface area contributed by atoms with Gasteiger partial charge in [0.15, 0.2) is 5.78 Å². The number of carbonyl (C=O) groups is 1. The van der Waals surface area contributed by atoms with Crippen LogP contribution in [0.4, 0.5) is 11.4 Å². The normalized spacial score (nSPS) is 15.8. The van der Waals surface area contributed by atoms with Crippen LogP contribution in [0.15, 0.2) is 24.3 Å². The smallest absolute Gasteiger partial charge is 0.279 e. The number of benzene rings is 2. The summed E-state index contributed by atoms with van der Waals surface area (Å²) < 4.78 is 0. The van der Waals surface area contributed by atoms with Crippen molar-refractivity contribution >= 4 is 51.9 Å². The number of fused-ring (bicyclic) bond motifs is 3. The predicted molar refractivity (Wildman–Crippen MR) is 89.8 cm³/mol. The summed E-state index contributed by atoms with van der Waals surface area (Å²) in [5, 5.41) is 15.7. The Morgan fingerprint density at radius 3 is 2.73 bits per heavy atom. The largest absolute Gasteiger partial charge is 0.384 e. The van der Waals surface area contributed by atoms with Gasteiger partial charge < -0.3 is 5.32 Å². The number of ketones is 1. The standard InChI is InChI=1S/C15H13ClN2O3.ClH/c1-8(19)9-2-3-11-12(4-9)15-10(6-16)7-17-13(15)5-14(11)18(20)21;/h2-5,10,17H,6-7H2,1H3;1H. The molecule has 0 saturated carbocycles. The number of anilines is 1. The van der Waals surface area contributed by atoms with Gasteiger partial charge in [0, 0.05) is 35.7 Å². The molecule has 0 fully saturated rings. The van der Waals surface area contributed by atoms with Gasteiger partial charge in [-0.15, -0.1) is 24.0 Å². The molecule has 0 aromatic heterocycles. The third-order valence-corrected chi connectivity index (χ3v) is 4.27. The molecule has 2 aromatic carbocycles. The zero-order valence-electron chi connectivity index (χ0n) is 11.8. The molecule has 7 heteroatoms. The van der Waals surface area contributed by atoms with Gasteiger partial charge in [-0.25, -0.2) is 0 Å². The lowest BCUT2D eigenvalue weighted by atomic mass is 9.93. The average Bonchev–Trinajstić information content (AvgIpc) is 2.88. The molecule has 1 heterocycles. The minimum atomic E-state index is -0.397. The van der Waals surface area contributed by atoms with Gasteiger partial charge in [0.25, 0.3) is 5.69 Å². The van der Waals surface area contributed by atoms with Gasteiger partial charge in [-0.05, 0) is 30.0 Å². The van der Waals surface area contributed by atoms with E-state index in [4.69, 9.17) is 11.6 Å². The number of non-ortho nitro benzene ring substituents is 1. The molecular weight excluding hydrogens is 327 g/mol. The van der Waals surface area contributed by atoms with Crippen molar-refractivity contribution < 1.29 is 9.72 Å². The first-order valence-corrected chi connectivity index (χ1v) is 7.12. The Bertz CT molecular complexity index is 777. The van der Waals surface area contributed by atoms with E-state index in [1.54, 1.807) is 24.3 Å². The molecule has 0 amide bonds. The van der Waals surface area contributed by atoms with Crippen molar-refractivity contribution in [2.75, 3.05) is 17.7 Å². The third kappa shape index (κ3) is 2.51. The number of hydrogen-bond acceptors (Lipinski definition) is 4. The molecule has 1 atom stereocenters. The Morgan fingerprint density at radius 1 is 1.41 bits per heavy atom. The molecule has 1 N–H and O–H groups in total. The van der Waals surface area contributed by atoms with Crippen LogP contribution in [-0.2, 0) is 0 Å². The highest BCUT2D eigenvalue weighted by Crippen LogP contribution is 2.42. The van der Waals surface area contributed by atoms with E-state index in [0.717, 1.165) is 16.6 Å². The molecule has 116 valence electrons. The zero-order valence-corrected chi connectivity index (χ0v) is 13.3. The van der Waals surface area contributed by atoms with Gasteiger partial charge in [-0.3, -0.25) is 14.9 Å². The van der Waals surface area contributed by atoms with E-state index in [1.165, 1.54) is 6.92 Å². The molecule has 0 saturated heterocycles. The summed E-state index contributed by atoms with van der Waals surface area (Å²) in [6, 6.07) is 6.56. The van der Waals surface area contributed by atoms with Gasteiger partial charge in [-0.1, -0.05) is 6.07 Å². The van der Waals surface area contributed by atoms with E-state index in [1.807, 2.05) is 0 Å². The van der Waals surface area contributed by atoms with Crippen molar-refractivity contribution in [3.8, 4) is 0 Å². The van der Waals surface area contributed by atoms with Crippen LogP contribution >= 0.6 is 24.0 Å². The fourth-order valence-electron chi connectivity index (χ4n) is 2.85. The molecule has 0 spiro atoms. The Hall–Kier alpha value is -1.85. The first-order chi connectivity index (χ1) is 10.0. The lowest BCUT2D eigenvalue weighted by Crippen LogP contribution is -2.03. The summed E-state index contributed by atoms with van der Waals surface area (Å²) in [7, 11) is 0. The highest BCUT2D eigenvalue weighted by Gasteiger charge is 2.28. The Kier molecular flexibility index (Phi) is 4.58. The summed E-state index contributed by atoms with van der Waals surface area (Å²) in [6.45, 7) is 2.13. The number of Topliss-reactive ketones (excluding diaryl/α,β-unsaturated/α-hetero) is 1. The second-order valence-corrected chi connectivity index (χ2v) is 5.47. The van der Waals surface area contributed by atoms with Crippen molar-refractivity contribution in [1.29, 1.82) is 0 Å². The highest BCUT2D eigenvalue weighted by molar-refractivity contribution is 6.19. The third-order valence-electron chi connectivity index (χ3n) is 3.89. The van der Waals surface area contributed by atoms with Crippen LogP contribution in [0.3, 0.4) is 0 Å². The summed E-state index contributed by atoms with van der Waals surface area (Å²) in [5.41, 5.74) is 2.29.